The van der Waals surface area contributed by atoms with Crippen molar-refractivity contribution in [1.29, 1.82) is 0 Å². The fourth-order valence-electron chi connectivity index (χ4n) is 4.48. The molecule has 1 fully saturated rings. The molecule has 3 amide bonds. The third kappa shape index (κ3) is 3.51. The van der Waals surface area contributed by atoms with E-state index in [1.807, 2.05) is 60.7 Å². The summed E-state index contributed by atoms with van der Waals surface area (Å²) >= 11 is 0. The van der Waals surface area contributed by atoms with Gasteiger partial charge in [-0.3, -0.25) is 9.69 Å². The Hall–Kier alpha value is -3.44. The number of carbonyl (C=O) groups is 2. The van der Waals surface area contributed by atoms with Gasteiger partial charge in [0.1, 0.15) is 5.54 Å². The molecule has 0 unspecified atom stereocenters. The lowest BCUT2D eigenvalue weighted by Gasteiger charge is -2.30. The highest BCUT2D eigenvalue weighted by atomic mass is 16.2. The van der Waals surface area contributed by atoms with Crippen LogP contribution in [0.1, 0.15) is 24.5 Å². The highest BCUT2D eigenvalue weighted by molar-refractivity contribution is 6.07. The summed E-state index contributed by atoms with van der Waals surface area (Å²) < 4.78 is 0. The van der Waals surface area contributed by atoms with Crippen LogP contribution in [0.15, 0.2) is 78.9 Å². The molecule has 1 atom stereocenters. The third-order valence-electron chi connectivity index (χ3n) is 6.38. The van der Waals surface area contributed by atoms with E-state index in [2.05, 4.69) is 28.4 Å². The van der Waals surface area contributed by atoms with Gasteiger partial charge in [-0.25, -0.2) is 9.69 Å². The van der Waals surface area contributed by atoms with Gasteiger partial charge in [0.2, 0.25) is 0 Å². The first-order chi connectivity index (χ1) is 15.0. The number of nitrogens with one attached hydrogen (secondary N) is 1. The van der Waals surface area contributed by atoms with E-state index in [0.29, 0.717) is 13.2 Å². The number of benzene rings is 3. The van der Waals surface area contributed by atoms with Crippen LogP contribution in [0.3, 0.4) is 0 Å². The van der Waals surface area contributed by atoms with Crippen LogP contribution in [-0.2, 0) is 10.3 Å². The fourth-order valence-corrected chi connectivity index (χ4v) is 4.48. The van der Waals surface area contributed by atoms with Crippen molar-refractivity contribution in [2.45, 2.75) is 18.9 Å². The van der Waals surface area contributed by atoms with Gasteiger partial charge in [-0.05, 0) is 46.9 Å². The molecule has 2 heterocycles. The number of amides is 3. The molecule has 5 heteroatoms. The molecule has 3 aromatic rings. The Balaban J connectivity index is 1.33. The zero-order valence-corrected chi connectivity index (χ0v) is 17.5. The number of fused-ring (bicyclic) bond motifs is 1. The summed E-state index contributed by atoms with van der Waals surface area (Å²) in [7, 11) is 0. The predicted molar refractivity (Wildman–Crippen MR) is 122 cm³/mol. The van der Waals surface area contributed by atoms with Crippen molar-refractivity contribution in [3.63, 3.8) is 0 Å². The Morgan fingerprint density at radius 2 is 1.68 bits per heavy atom. The van der Waals surface area contributed by atoms with Crippen molar-refractivity contribution in [1.82, 2.24) is 15.1 Å². The number of hydrogen-bond acceptors (Lipinski definition) is 3. The van der Waals surface area contributed by atoms with Gasteiger partial charge in [-0.2, -0.15) is 0 Å². The molecule has 1 saturated heterocycles. The molecule has 0 radical (unpaired) electrons. The molecule has 31 heavy (non-hydrogen) atoms. The van der Waals surface area contributed by atoms with E-state index in [1.165, 1.54) is 16.0 Å². The number of hydrogen-bond donors (Lipinski definition) is 1. The molecule has 0 bridgehead atoms. The zero-order chi connectivity index (χ0) is 21.4. The molecule has 2 aliphatic heterocycles. The Bertz CT molecular complexity index is 1190. The molecule has 0 spiro atoms. The Morgan fingerprint density at radius 1 is 0.935 bits per heavy atom. The summed E-state index contributed by atoms with van der Waals surface area (Å²) in [5.74, 6) is -0.203. The van der Waals surface area contributed by atoms with Crippen LogP contribution < -0.4 is 5.32 Å². The van der Waals surface area contributed by atoms with Crippen molar-refractivity contribution in [3.05, 3.63) is 90.0 Å². The summed E-state index contributed by atoms with van der Waals surface area (Å²) in [4.78, 5) is 29.6. The number of imide groups is 1. The van der Waals surface area contributed by atoms with E-state index in [-0.39, 0.29) is 11.9 Å². The molecule has 0 aliphatic carbocycles. The van der Waals surface area contributed by atoms with Crippen LogP contribution in [0.25, 0.3) is 16.3 Å². The molecule has 5 nitrogen and oxygen atoms in total. The lowest BCUT2D eigenvalue weighted by Crippen LogP contribution is -2.44. The van der Waals surface area contributed by atoms with Crippen LogP contribution in [-0.4, -0.2) is 41.5 Å². The van der Waals surface area contributed by atoms with Crippen molar-refractivity contribution in [2.24, 2.45) is 0 Å². The summed E-state index contributed by atoms with van der Waals surface area (Å²) in [6.07, 6.45) is 3.09. The highest BCUT2D eigenvalue weighted by Crippen LogP contribution is 2.31. The minimum absolute atomic E-state index is 0.203. The van der Waals surface area contributed by atoms with Crippen LogP contribution in [0, 0.1) is 0 Å². The maximum atomic E-state index is 13.3. The molecule has 3 aromatic carbocycles. The molecule has 2 aliphatic rings. The van der Waals surface area contributed by atoms with Crippen LogP contribution in [0.4, 0.5) is 4.79 Å². The second-order valence-corrected chi connectivity index (χ2v) is 8.41. The van der Waals surface area contributed by atoms with Crippen molar-refractivity contribution < 1.29 is 9.59 Å². The average Bonchev–Trinajstić information content (AvgIpc) is 3.03. The van der Waals surface area contributed by atoms with E-state index in [0.717, 1.165) is 29.3 Å². The third-order valence-corrected chi connectivity index (χ3v) is 6.38. The molecule has 156 valence electrons. The lowest BCUT2D eigenvalue weighted by molar-refractivity contribution is -0.132. The SMILES string of the molecule is C[C@@]1(c2ccc3ccccc3c2)NC(=O)N(CN2CC=C(c3ccccc3)CC2)C1=O. The van der Waals surface area contributed by atoms with E-state index in [1.54, 1.807) is 6.92 Å². The largest absolute Gasteiger partial charge is 0.326 e. The lowest BCUT2D eigenvalue weighted by atomic mass is 9.90. The summed E-state index contributed by atoms with van der Waals surface area (Å²) in [6.45, 7) is 3.62. The molecular weight excluding hydrogens is 386 g/mol. The van der Waals surface area contributed by atoms with E-state index < -0.39 is 5.54 Å². The van der Waals surface area contributed by atoms with Gasteiger partial charge in [0.05, 0.1) is 6.67 Å². The topological polar surface area (TPSA) is 52.7 Å². The second kappa shape index (κ2) is 7.67. The van der Waals surface area contributed by atoms with Crippen molar-refractivity contribution in [3.8, 4) is 0 Å². The average molecular weight is 412 g/mol. The normalized spacial score (nSPS) is 22.0. The van der Waals surface area contributed by atoms with Gasteiger partial charge in [-0.15, -0.1) is 0 Å². The van der Waals surface area contributed by atoms with Gasteiger partial charge in [-0.1, -0.05) is 72.8 Å². The summed E-state index contributed by atoms with van der Waals surface area (Å²) in [5, 5.41) is 5.09. The Kier molecular flexibility index (Phi) is 4.83. The van der Waals surface area contributed by atoms with Gasteiger partial charge in [0, 0.05) is 13.1 Å². The zero-order valence-electron chi connectivity index (χ0n) is 17.5. The molecular formula is C26H25N3O2. The highest BCUT2D eigenvalue weighted by Gasteiger charge is 2.49. The van der Waals surface area contributed by atoms with E-state index >= 15 is 0 Å². The van der Waals surface area contributed by atoms with Crippen molar-refractivity contribution >= 4 is 28.3 Å². The van der Waals surface area contributed by atoms with Gasteiger partial charge in [0.25, 0.3) is 5.91 Å². The monoisotopic (exact) mass is 411 g/mol. The number of carbonyl (C=O) groups excluding carboxylic acids is 2. The fraction of sp³-hybridized carbons (Fsp3) is 0.231. The molecule has 1 N–H and O–H groups in total. The van der Waals surface area contributed by atoms with Gasteiger partial charge >= 0.3 is 6.03 Å². The Labute approximate surface area is 182 Å². The first kappa shape index (κ1) is 19.5. The molecule has 0 aromatic heterocycles. The van der Waals surface area contributed by atoms with E-state index in [9.17, 15) is 9.59 Å². The first-order valence-corrected chi connectivity index (χ1v) is 10.6. The number of rotatable bonds is 4. The summed E-state index contributed by atoms with van der Waals surface area (Å²) in [5.41, 5.74) is 2.30. The Morgan fingerprint density at radius 3 is 2.42 bits per heavy atom. The smallest absolute Gasteiger partial charge is 0.319 e. The maximum Gasteiger partial charge on any atom is 0.326 e. The standard InChI is InChI=1S/C26H25N3O2/c1-26(23-12-11-20-9-5-6-10-22(20)17-23)24(30)29(25(31)27-26)18-28-15-13-21(14-16-28)19-7-3-2-4-8-19/h2-13,17H,14-16,18H2,1H3,(H,27,31)/t26-/m0/s1. The van der Waals surface area contributed by atoms with Crippen molar-refractivity contribution in [2.75, 3.05) is 19.8 Å². The van der Waals surface area contributed by atoms with Crippen LogP contribution in [0.5, 0.6) is 0 Å². The van der Waals surface area contributed by atoms with E-state index in [4.69, 9.17) is 0 Å². The molecule has 5 rings (SSSR count). The second-order valence-electron chi connectivity index (χ2n) is 8.41. The quantitative estimate of drug-likeness (QED) is 0.650. The number of nitrogens with zero attached hydrogens (tertiary/aromatic N) is 2. The first-order valence-electron chi connectivity index (χ1n) is 10.6. The molecule has 0 saturated carbocycles. The van der Waals surface area contributed by atoms with Gasteiger partial charge < -0.3 is 5.32 Å². The minimum Gasteiger partial charge on any atom is -0.319 e. The number of urea groups is 1. The minimum atomic E-state index is -1.05. The maximum absolute atomic E-state index is 13.3. The van der Waals surface area contributed by atoms with Gasteiger partial charge in [0.15, 0.2) is 0 Å². The predicted octanol–water partition coefficient (Wildman–Crippen LogP) is 4.35. The van der Waals surface area contributed by atoms with Crippen LogP contribution in [0.2, 0.25) is 0 Å². The van der Waals surface area contributed by atoms with Crippen LogP contribution >= 0.6 is 0 Å². The summed E-state index contributed by atoms with van der Waals surface area (Å²) in [6, 6.07) is 24.0.